The molecule has 0 saturated carbocycles. The van der Waals surface area contributed by atoms with Gasteiger partial charge in [-0.3, -0.25) is 4.68 Å². The van der Waals surface area contributed by atoms with Gasteiger partial charge >= 0.3 is 0 Å². The van der Waals surface area contributed by atoms with Gasteiger partial charge in [0.25, 0.3) is 0 Å². The van der Waals surface area contributed by atoms with Crippen LogP contribution in [0.2, 0.25) is 0 Å². The highest BCUT2D eigenvalue weighted by Gasteiger charge is 2.24. The highest BCUT2D eigenvalue weighted by atomic mass is 16.5. The summed E-state index contributed by atoms with van der Waals surface area (Å²) in [6, 6.07) is 5.89. The third-order valence-corrected chi connectivity index (χ3v) is 2.86. The molecule has 5 heteroatoms. The second-order valence-electron chi connectivity index (χ2n) is 3.90. The minimum atomic E-state index is 0.319. The molecule has 80 valence electrons. The van der Waals surface area contributed by atoms with Gasteiger partial charge in [0.15, 0.2) is 0 Å². The quantitative estimate of drug-likeness (QED) is 0.715. The first-order valence-corrected chi connectivity index (χ1v) is 5.13. The van der Waals surface area contributed by atoms with E-state index in [-0.39, 0.29) is 0 Å². The Balaban J connectivity index is 2.19. The third kappa shape index (κ3) is 1.20. The van der Waals surface area contributed by atoms with Gasteiger partial charge in [-0.05, 0) is 19.1 Å². The number of nitrogens with zero attached hydrogens (tertiary/aromatic N) is 4. The molecule has 0 radical (unpaired) electrons. The van der Waals surface area contributed by atoms with Crippen molar-refractivity contribution in [2.75, 3.05) is 13.2 Å². The number of hydrogen-bond acceptors (Lipinski definition) is 4. The molecule has 0 spiro atoms. The van der Waals surface area contributed by atoms with Crippen molar-refractivity contribution in [3.63, 3.8) is 0 Å². The van der Waals surface area contributed by atoms with Crippen LogP contribution in [0, 0.1) is 18.3 Å². The summed E-state index contributed by atoms with van der Waals surface area (Å²) in [6.45, 7) is 3.39. The van der Waals surface area contributed by atoms with E-state index in [9.17, 15) is 0 Å². The van der Waals surface area contributed by atoms with Crippen LogP contribution in [-0.4, -0.2) is 28.0 Å². The van der Waals surface area contributed by atoms with Crippen molar-refractivity contribution < 1.29 is 4.74 Å². The van der Waals surface area contributed by atoms with Gasteiger partial charge in [0, 0.05) is 0 Å². The van der Waals surface area contributed by atoms with Crippen molar-refractivity contribution in [2.24, 2.45) is 0 Å². The van der Waals surface area contributed by atoms with Crippen molar-refractivity contribution in [3.05, 3.63) is 23.5 Å². The van der Waals surface area contributed by atoms with Gasteiger partial charge in [-0.1, -0.05) is 0 Å². The average Bonchev–Trinajstić information content (AvgIpc) is 2.54. The predicted octanol–water partition coefficient (Wildman–Crippen LogP) is 1.18. The van der Waals surface area contributed by atoms with Gasteiger partial charge in [-0.2, -0.15) is 10.4 Å². The Bertz CT molecular complexity index is 592. The summed E-state index contributed by atoms with van der Waals surface area (Å²) >= 11 is 0. The van der Waals surface area contributed by atoms with E-state index in [1.807, 2.05) is 23.7 Å². The zero-order valence-electron chi connectivity index (χ0n) is 8.84. The van der Waals surface area contributed by atoms with Gasteiger partial charge in [-0.25, -0.2) is 4.98 Å². The molecular formula is C11H10N4O. The molecule has 5 nitrogen and oxygen atoms in total. The van der Waals surface area contributed by atoms with E-state index in [1.165, 1.54) is 0 Å². The third-order valence-electron chi connectivity index (χ3n) is 2.86. The molecule has 0 atom stereocenters. The van der Waals surface area contributed by atoms with E-state index < -0.39 is 0 Å². The number of ether oxygens (including phenoxy) is 1. The van der Waals surface area contributed by atoms with Crippen LogP contribution in [0.3, 0.4) is 0 Å². The van der Waals surface area contributed by atoms with E-state index in [2.05, 4.69) is 10.1 Å². The van der Waals surface area contributed by atoms with Crippen LogP contribution in [0.25, 0.3) is 11.0 Å². The Morgan fingerprint density at radius 2 is 2.31 bits per heavy atom. The molecule has 1 saturated heterocycles. The van der Waals surface area contributed by atoms with E-state index in [4.69, 9.17) is 10.00 Å². The summed E-state index contributed by atoms with van der Waals surface area (Å²) in [5, 5.41) is 13.3. The van der Waals surface area contributed by atoms with Crippen molar-refractivity contribution >= 4 is 11.0 Å². The summed E-state index contributed by atoms with van der Waals surface area (Å²) < 4.78 is 7.10. The van der Waals surface area contributed by atoms with Crippen molar-refractivity contribution in [1.82, 2.24) is 14.8 Å². The lowest BCUT2D eigenvalue weighted by Crippen LogP contribution is -2.31. The Kier molecular flexibility index (Phi) is 1.91. The smallest absolute Gasteiger partial charge is 0.141 e. The Morgan fingerprint density at radius 3 is 2.94 bits per heavy atom. The standard InChI is InChI=1S/C11H10N4O/c1-7-11-10(3-2-8(4-12)13-11)14-15(7)9-5-16-6-9/h2-3,9H,5-6H2,1H3. The lowest BCUT2D eigenvalue weighted by Gasteiger charge is -2.27. The van der Waals surface area contributed by atoms with Crippen molar-refractivity contribution in [3.8, 4) is 6.07 Å². The summed E-state index contributed by atoms with van der Waals surface area (Å²) in [6.07, 6.45) is 0. The minimum absolute atomic E-state index is 0.319. The summed E-state index contributed by atoms with van der Waals surface area (Å²) in [7, 11) is 0. The first kappa shape index (κ1) is 9.31. The molecule has 2 aromatic rings. The fourth-order valence-corrected chi connectivity index (χ4v) is 1.88. The topological polar surface area (TPSA) is 63.7 Å². The molecule has 1 aliphatic rings. The number of aromatic nitrogens is 3. The lowest BCUT2D eigenvalue weighted by atomic mass is 10.2. The highest BCUT2D eigenvalue weighted by Crippen LogP contribution is 2.23. The van der Waals surface area contributed by atoms with E-state index >= 15 is 0 Å². The molecule has 0 N–H and O–H groups in total. The Hall–Kier alpha value is -1.93. The van der Waals surface area contributed by atoms with Crippen LogP contribution in [0.5, 0.6) is 0 Å². The zero-order chi connectivity index (χ0) is 11.1. The SMILES string of the molecule is Cc1c2nc(C#N)ccc2nn1C1COC1. The normalized spacial score (nSPS) is 16.0. The molecule has 1 aliphatic heterocycles. The second kappa shape index (κ2) is 3.29. The van der Waals surface area contributed by atoms with E-state index in [1.54, 1.807) is 6.07 Å². The van der Waals surface area contributed by atoms with Gasteiger partial charge in [0.2, 0.25) is 0 Å². The maximum Gasteiger partial charge on any atom is 0.141 e. The molecule has 0 bridgehead atoms. The maximum absolute atomic E-state index is 8.80. The van der Waals surface area contributed by atoms with Gasteiger partial charge in [-0.15, -0.1) is 0 Å². The summed E-state index contributed by atoms with van der Waals surface area (Å²) in [4.78, 5) is 4.27. The van der Waals surface area contributed by atoms with E-state index in [0.29, 0.717) is 24.9 Å². The van der Waals surface area contributed by atoms with Crippen LogP contribution in [0.1, 0.15) is 17.4 Å². The summed E-state index contributed by atoms with van der Waals surface area (Å²) in [5.74, 6) is 0. The average molecular weight is 214 g/mol. The molecule has 16 heavy (non-hydrogen) atoms. The van der Waals surface area contributed by atoms with E-state index in [0.717, 1.165) is 16.7 Å². The molecule has 0 aromatic carbocycles. The van der Waals surface area contributed by atoms with Crippen LogP contribution >= 0.6 is 0 Å². The van der Waals surface area contributed by atoms with Crippen LogP contribution in [0.15, 0.2) is 12.1 Å². The molecule has 3 heterocycles. The number of nitriles is 1. The fourth-order valence-electron chi connectivity index (χ4n) is 1.88. The van der Waals surface area contributed by atoms with Crippen molar-refractivity contribution in [2.45, 2.75) is 13.0 Å². The predicted molar refractivity (Wildman–Crippen MR) is 56.8 cm³/mol. The number of aryl methyl sites for hydroxylation is 1. The first-order valence-electron chi connectivity index (χ1n) is 5.13. The number of rotatable bonds is 1. The van der Waals surface area contributed by atoms with Gasteiger partial charge in [0.05, 0.1) is 24.9 Å². The van der Waals surface area contributed by atoms with Gasteiger partial charge < -0.3 is 4.74 Å². The molecule has 0 aliphatic carbocycles. The zero-order valence-corrected chi connectivity index (χ0v) is 8.84. The molecule has 1 fully saturated rings. The Labute approximate surface area is 92.3 Å². The molecule has 3 rings (SSSR count). The van der Waals surface area contributed by atoms with Crippen molar-refractivity contribution in [1.29, 1.82) is 5.26 Å². The second-order valence-corrected chi connectivity index (χ2v) is 3.90. The molecular weight excluding hydrogens is 204 g/mol. The number of hydrogen-bond donors (Lipinski definition) is 0. The monoisotopic (exact) mass is 214 g/mol. The maximum atomic E-state index is 8.80. The van der Waals surface area contributed by atoms with Crippen LogP contribution in [-0.2, 0) is 4.74 Å². The minimum Gasteiger partial charge on any atom is -0.377 e. The molecule has 0 unspecified atom stereocenters. The fraction of sp³-hybridized carbons (Fsp3) is 0.364. The Morgan fingerprint density at radius 1 is 1.50 bits per heavy atom. The number of pyridine rings is 1. The van der Waals surface area contributed by atoms with Crippen LogP contribution in [0.4, 0.5) is 0 Å². The highest BCUT2D eigenvalue weighted by molar-refractivity contribution is 5.77. The van der Waals surface area contributed by atoms with Gasteiger partial charge in [0.1, 0.15) is 22.8 Å². The first-order chi connectivity index (χ1) is 7.79. The summed E-state index contributed by atoms with van der Waals surface area (Å²) in [5.41, 5.74) is 3.08. The van der Waals surface area contributed by atoms with Crippen LogP contribution < -0.4 is 0 Å². The molecule has 2 aromatic heterocycles. The largest absolute Gasteiger partial charge is 0.377 e. The number of fused-ring (bicyclic) bond motifs is 1. The lowest BCUT2D eigenvalue weighted by molar-refractivity contribution is -0.0292. The molecule has 0 amide bonds.